The summed E-state index contributed by atoms with van der Waals surface area (Å²) in [5.41, 5.74) is -0.545. The number of aromatic nitrogens is 1. The molecule has 0 saturated heterocycles. The van der Waals surface area contributed by atoms with Gasteiger partial charge in [-0.25, -0.2) is 4.79 Å². The van der Waals surface area contributed by atoms with Crippen LogP contribution in [0.15, 0.2) is 34.1 Å². The summed E-state index contributed by atoms with van der Waals surface area (Å²) >= 11 is 0. The third-order valence-electron chi connectivity index (χ3n) is 2.65. The van der Waals surface area contributed by atoms with E-state index in [0.29, 0.717) is 0 Å². The minimum absolute atomic E-state index is 0.128. The molecule has 0 unspecified atom stereocenters. The van der Waals surface area contributed by atoms with E-state index in [1.165, 1.54) is 6.07 Å². The number of carbonyl (C=O) groups is 1. The van der Waals surface area contributed by atoms with E-state index < -0.39 is 21.5 Å². The average Bonchev–Trinajstić information content (AvgIpc) is 2.38. The first kappa shape index (κ1) is 14.2. The van der Waals surface area contributed by atoms with Crippen molar-refractivity contribution >= 4 is 27.0 Å². The second-order valence-electron chi connectivity index (χ2n) is 3.93. The normalized spacial score (nSPS) is 11.5. The quantitative estimate of drug-likeness (QED) is 0.644. The Labute approximate surface area is 113 Å². The van der Waals surface area contributed by atoms with Gasteiger partial charge in [-0.15, -0.1) is 0 Å². The fourth-order valence-electron chi connectivity index (χ4n) is 1.72. The number of rotatable bonds is 3. The summed E-state index contributed by atoms with van der Waals surface area (Å²) < 4.78 is 35.7. The Morgan fingerprint density at radius 2 is 2.10 bits per heavy atom. The molecule has 1 heterocycles. The van der Waals surface area contributed by atoms with Crippen molar-refractivity contribution in [2.75, 3.05) is 6.61 Å². The molecule has 0 aliphatic rings. The topological polar surface area (TPSA) is 114 Å². The van der Waals surface area contributed by atoms with Crippen LogP contribution >= 0.6 is 0 Å². The molecular weight excluding hydrogens is 286 g/mol. The van der Waals surface area contributed by atoms with Gasteiger partial charge >= 0.3 is 5.97 Å². The summed E-state index contributed by atoms with van der Waals surface area (Å²) in [7, 11) is -4.36. The highest BCUT2D eigenvalue weighted by Crippen LogP contribution is 2.15. The number of nitrogens with one attached hydrogen (secondary N) is 1. The summed E-state index contributed by atoms with van der Waals surface area (Å²) in [5, 5.41) is 0.128. The molecule has 0 fully saturated rings. The van der Waals surface area contributed by atoms with Crippen LogP contribution in [0.1, 0.15) is 17.3 Å². The zero-order chi connectivity index (χ0) is 14.9. The molecular formula is C12H11NO6S. The summed E-state index contributed by atoms with van der Waals surface area (Å²) in [6.45, 7) is 1.75. The fourth-order valence-corrected chi connectivity index (χ4v) is 2.23. The van der Waals surface area contributed by atoms with Gasteiger partial charge in [-0.2, -0.15) is 8.42 Å². The number of ether oxygens (including phenoxy) is 1. The standard InChI is InChI=1S/C12H11NO6S/c1-2-19-12(15)9-6-13-10-5-7(20(16,17)18)3-4-8(10)11(9)14/h3-6H,2H2,1H3,(H,13,14)(H,16,17,18). The first-order valence-electron chi connectivity index (χ1n) is 5.64. The molecule has 0 bridgehead atoms. The summed E-state index contributed by atoms with van der Waals surface area (Å²) in [4.78, 5) is 25.9. The van der Waals surface area contributed by atoms with Crippen molar-refractivity contribution in [3.05, 3.63) is 40.2 Å². The van der Waals surface area contributed by atoms with Crippen LogP contribution < -0.4 is 5.43 Å². The predicted octanol–water partition coefficient (Wildman–Crippen LogP) is 0.952. The van der Waals surface area contributed by atoms with Gasteiger partial charge in [0.25, 0.3) is 10.1 Å². The van der Waals surface area contributed by atoms with E-state index in [9.17, 15) is 18.0 Å². The van der Waals surface area contributed by atoms with Crippen molar-refractivity contribution in [2.24, 2.45) is 0 Å². The third kappa shape index (κ3) is 2.56. The van der Waals surface area contributed by atoms with E-state index in [0.717, 1.165) is 18.3 Å². The molecule has 0 saturated carbocycles. The monoisotopic (exact) mass is 297 g/mol. The minimum atomic E-state index is -4.36. The Morgan fingerprint density at radius 3 is 2.70 bits per heavy atom. The van der Waals surface area contributed by atoms with Gasteiger partial charge in [0.05, 0.1) is 17.0 Å². The van der Waals surface area contributed by atoms with Gasteiger partial charge in [-0.1, -0.05) is 0 Å². The highest BCUT2D eigenvalue weighted by molar-refractivity contribution is 7.85. The zero-order valence-corrected chi connectivity index (χ0v) is 11.2. The predicted molar refractivity (Wildman–Crippen MR) is 70.3 cm³/mol. The lowest BCUT2D eigenvalue weighted by molar-refractivity contribution is 0.0524. The van der Waals surface area contributed by atoms with E-state index >= 15 is 0 Å². The van der Waals surface area contributed by atoms with Crippen LogP contribution in [-0.4, -0.2) is 30.5 Å². The van der Waals surface area contributed by atoms with Crippen LogP contribution in [-0.2, 0) is 14.9 Å². The molecule has 106 valence electrons. The number of fused-ring (bicyclic) bond motifs is 1. The Bertz CT molecular complexity index is 837. The summed E-state index contributed by atoms with van der Waals surface area (Å²) in [5.74, 6) is -0.755. The fraction of sp³-hybridized carbons (Fsp3) is 0.167. The molecule has 1 aromatic carbocycles. The summed E-state index contributed by atoms with van der Waals surface area (Å²) in [6.07, 6.45) is 1.15. The van der Waals surface area contributed by atoms with Crippen LogP contribution in [0.4, 0.5) is 0 Å². The van der Waals surface area contributed by atoms with Crippen molar-refractivity contribution in [1.82, 2.24) is 4.98 Å². The van der Waals surface area contributed by atoms with E-state index in [-0.39, 0.29) is 28.0 Å². The smallest absolute Gasteiger partial charge is 0.343 e. The first-order valence-corrected chi connectivity index (χ1v) is 7.08. The minimum Gasteiger partial charge on any atom is -0.462 e. The summed E-state index contributed by atoms with van der Waals surface area (Å²) in [6, 6.07) is 3.42. The van der Waals surface area contributed by atoms with Crippen molar-refractivity contribution in [3.8, 4) is 0 Å². The van der Waals surface area contributed by atoms with Crippen LogP contribution in [0.25, 0.3) is 10.9 Å². The lowest BCUT2D eigenvalue weighted by Gasteiger charge is -2.04. The largest absolute Gasteiger partial charge is 0.462 e. The maximum atomic E-state index is 12.1. The van der Waals surface area contributed by atoms with Gasteiger partial charge in [-0.3, -0.25) is 9.35 Å². The van der Waals surface area contributed by atoms with Gasteiger partial charge in [0.2, 0.25) is 5.43 Å². The Kier molecular flexibility index (Phi) is 3.60. The zero-order valence-electron chi connectivity index (χ0n) is 10.4. The number of hydrogen-bond donors (Lipinski definition) is 2. The second-order valence-corrected chi connectivity index (χ2v) is 5.36. The van der Waals surface area contributed by atoms with Gasteiger partial charge in [0.15, 0.2) is 0 Å². The Balaban J connectivity index is 2.65. The van der Waals surface area contributed by atoms with Gasteiger partial charge in [0.1, 0.15) is 5.56 Å². The lowest BCUT2D eigenvalue weighted by Crippen LogP contribution is -2.18. The lowest BCUT2D eigenvalue weighted by atomic mass is 10.1. The van der Waals surface area contributed by atoms with Crippen LogP contribution in [0, 0.1) is 0 Å². The highest BCUT2D eigenvalue weighted by Gasteiger charge is 2.16. The number of benzene rings is 1. The molecule has 7 nitrogen and oxygen atoms in total. The molecule has 8 heteroatoms. The van der Waals surface area contributed by atoms with Crippen LogP contribution in [0.5, 0.6) is 0 Å². The number of hydrogen-bond acceptors (Lipinski definition) is 5. The number of aromatic amines is 1. The van der Waals surface area contributed by atoms with Crippen molar-refractivity contribution in [2.45, 2.75) is 11.8 Å². The maximum absolute atomic E-state index is 12.1. The van der Waals surface area contributed by atoms with Crippen LogP contribution in [0.3, 0.4) is 0 Å². The molecule has 0 amide bonds. The van der Waals surface area contributed by atoms with Crippen LogP contribution in [0.2, 0.25) is 0 Å². The van der Waals surface area contributed by atoms with E-state index in [1.807, 2.05) is 0 Å². The molecule has 2 aromatic rings. The molecule has 0 radical (unpaired) electrons. The second kappa shape index (κ2) is 5.06. The maximum Gasteiger partial charge on any atom is 0.343 e. The first-order chi connectivity index (χ1) is 9.34. The Morgan fingerprint density at radius 1 is 1.40 bits per heavy atom. The SMILES string of the molecule is CCOC(=O)c1c[nH]c2cc(S(=O)(=O)O)ccc2c1=O. The molecule has 0 spiro atoms. The van der Waals surface area contributed by atoms with E-state index in [1.54, 1.807) is 6.92 Å². The average molecular weight is 297 g/mol. The third-order valence-corrected chi connectivity index (χ3v) is 3.50. The van der Waals surface area contributed by atoms with E-state index in [2.05, 4.69) is 4.98 Å². The van der Waals surface area contributed by atoms with Crippen molar-refractivity contribution < 1.29 is 22.5 Å². The molecule has 0 atom stereocenters. The molecule has 1 aromatic heterocycles. The number of esters is 1. The van der Waals surface area contributed by atoms with Crippen molar-refractivity contribution in [1.29, 1.82) is 0 Å². The molecule has 20 heavy (non-hydrogen) atoms. The van der Waals surface area contributed by atoms with Gasteiger partial charge in [-0.05, 0) is 25.1 Å². The van der Waals surface area contributed by atoms with Gasteiger partial charge < -0.3 is 9.72 Å². The highest BCUT2D eigenvalue weighted by atomic mass is 32.2. The number of carbonyl (C=O) groups excluding carboxylic acids is 1. The molecule has 2 N–H and O–H groups in total. The molecule has 0 aliphatic heterocycles. The Hall–Kier alpha value is -2.19. The number of pyridine rings is 1. The van der Waals surface area contributed by atoms with Crippen molar-refractivity contribution in [3.63, 3.8) is 0 Å². The molecule has 0 aliphatic carbocycles. The number of H-pyrrole nitrogens is 1. The molecule has 2 rings (SSSR count). The van der Waals surface area contributed by atoms with E-state index in [4.69, 9.17) is 9.29 Å². The van der Waals surface area contributed by atoms with Gasteiger partial charge in [0, 0.05) is 11.6 Å².